The smallest absolute Gasteiger partial charge is 0.380 e. The molecule has 0 fully saturated rings. The van der Waals surface area contributed by atoms with Gasteiger partial charge >= 0.3 is 6.18 Å². The molecule has 3 nitrogen and oxygen atoms in total. The molecule has 6 heteroatoms. The number of pyridine rings is 1. The molecule has 0 saturated heterocycles. The van der Waals surface area contributed by atoms with Gasteiger partial charge in [-0.3, -0.25) is 4.98 Å². The van der Waals surface area contributed by atoms with Crippen LogP contribution in [0.2, 0.25) is 0 Å². The first-order valence-electron chi connectivity index (χ1n) is 10.0. The number of nitrogens with one attached hydrogen (secondary N) is 2. The van der Waals surface area contributed by atoms with Gasteiger partial charge in [-0.25, -0.2) is 0 Å². The van der Waals surface area contributed by atoms with Crippen LogP contribution >= 0.6 is 0 Å². The highest BCUT2D eigenvalue weighted by Crippen LogP contribution is 2.32. The summed E-state index contributed by atoms with van der Waals surface area (Å²) in [5, 5.41) is 7.49. The molecule has 0 aliphatic carbocycles. The zero-order chi connectivity index (χ0) is 21.7. The molecule has 0 unspecified atom stereocenters. The highest BCUT2D eigenvalue weighted by Gasteiger charge is 2.30. The van der Waals surface area contributed by atoms with Gasteiger partial charge in [-0.2, -0.15) is 13.2 Å². The van der Waals surface area contributed by atoms with Crippen LogP contribution in [0, 0.1) is 0 Å². The lowest BCUT2D eigenvalue weighted by molar-refractivity contribution is -0.137. The van der Waals surface area contributed by atoms with E-state index in [1.54, 1.807) is 6.07 Å². The van der Waals surface area contributed by atoms with Crippen LogP contribution in [0.15, 0.2) is 85.1 Å². The van der Waals surface area contributed by atoms with Gasteiger partial charge in [0.05, 0.1) is 11.1 Å². The zero-order valence-corrected chi connectivity index (χ0v) is 16.8. The Balaban J connectivity index is 1.46. The standard InChI is InChI=1S/C25H22F3N3/c26-25(27,28)21-10-11-22-23(12-13-30-24(22)14-21)31-17-20-9-5-4-8-19(20)16-29-15-18-6-2-1-3-7-18/h1-14,29H,15-17H2,(H,30,31). The summed E-state index contributed by atoms with van der Waals surface area (Å²) in [6.07, 6.45) is -2.86. The zero-order valence-electron chi connectivity index (χ0n) is 16.8. The largest absolute Gasteiger partial charge is 0.416 e. The van der Waals surface area contributed by atoms with Crippen molar-refractivity contribution in [1.82, 2.24) is 10.3 Å². The van der Waals surface area contributed by atoms with Crippen molar-refractivity contribution in [3.63, 3.8) is 0 Å². The molecule has 4 rings (SSSR count). The fourth-order valence-corrected chi connectivity index (χ4v) is 3.51. The molecular weight excluding hydrogens is 399 g/mol. The maximum atomic E-state index is 13.0. The minimum absolute atomic E-state index is 0.317. The SMILES string of the molecule is FC(F)(F)c1ccc2c(NCc3ccccc3CNCc3ccccc3)ccnc2c1. The molecule has 1 aromatic heterocycles. The molecule has 0 bridgehead atoms. The van der Waals surface area contributed by atoms with Crippen LogP contribution in [-0.4, -0.2) is 4.98 Å². The summed E-state index contributed by atoms with van der Waals surface area (Å²) in [6.45, 7) is 2.06. The van der Waals surface area contributed by atoms with Crippen LogP contribution in [0.25, 0.3) is 10.9 Å². The number of anilines is 1. The number of benzene rings is 3. The number of nitrogens with zero attached hydrogens (tertiary/aromatic N) is 1. The van der Waals surface area contributed by atoms with E-state index in [1.807, 2.05) is 30.3 Å². The summed E-state index contributed by atoms with van der Waals surface area (Å²) in [4.78, 5) is 4.11. The Hall–Kier alpha value is -3.38. The first-order chi connectivity index (χ1) is 15.0. The quantitative estimate of drug-likeness (QED) is 0.376. The fraction of sp³-hybridized carbons (Fsp3) is 0.160. The van der Waals surface area contributed by atoms with Gasteiger partial charge in [0.15, 0.2) is 0 Å². The number of hydrogen-bond acceptors (Lipinski definition) is 3. The highest BCUT2D eigenvalue weighted by molar-refractivity contribution is 5.91. The maximum Gasteiger partial charge on any atom is 0.416 e. The van der Waals surface area contributed by atoms with E-state index in [1.165, 1.54) is 23.4 Å². The van der Waals surface area contributed by atoms with Crippen molar-refractivity contribution in [3.05, 3.63) is 107 Å². The Morgan fingerprint density at radius 3 is 2.19 bits per heavy atom. The summed E-state index contributed by atoms with van der Waals surface area (Å²) in [5.74, 6) is 0. The van der Waals surface area contributed by atoms with E-state index in [2.05, 4.69) is 39.9 Å². The molecule has 0 radical (unpaired) electrons. The van der Waals surface area contributed by atoms with Crippen LogP contribution in [0.5, 0.6) is 0 Å². The summed E-state index contributed by atoms with van der Waals surface area (Å²) in [5.41, 5.74) is 3.89. The molecule has 0 aliphatic rings. The second-order valence-electron chi connectivity index (χ2n) is 7.30. The fourth-order valence-electron chi connectivity index (χ4n) is 3.51. The Morgan fingerprint density at radius 1 is 0.742 bits per heavy atom. The molecule has 0 saturated carbocycles. The molecule has 0 aliphatic heterocycles. The first kappa shape index (κ1) is 20.9. The third kappa shape index (κ3) is 5.22. The van der Waals surface area contributed by atoms with Crippen LogP contribution in [0.4, 0.5) is 18.9 Å². The molecule has 158 valence electrons. The Bertz CT molecular complexity index is 1160. The molecule has 1 heterocycles. The van der Waals surface area contributed by atoms with E-state index in [0.29, 0.717) is 17.4 Å². The van der Waals surface area contributed by atoms with Crippen LogP contribution < -0.4 is 10.6 Å². The van der Waals surface area contributed by atoms with Crippen LogP contribution in [0.1, 0.15) is 22.3 Å². The molecule has 2 N–H and O–H groups in total. The topological polar surface area (TPSA) is 37.0 Å². The van der Waals surface area contributed by atoms with Gasteiger partial charge < -0.3 is 10.6 Å². The second-order valence-corrected chi connectivity index (χ2v) is 7.30. The van der Waals surface area contributed by atoms with Crippen molar-refractivity contribution in [2.24, 2.45) is 0 Å². The molecule has 0 atom stereocenters. The molecular formula is C25H22F3N3. The Labute approximate surface area is 179 Å². The van der Waals surface area contributed by atoms with Gasteiger partial charge in [0.25, 0.3) is 0 Å². The molecule has 0 amide bonds. The van der Waals surface area contributed by atoms with Gasteiger partial charge in [0.2, 0.25) is 0 Å². The van der Waals surface area contributed by atoms with Crippen molar-refractivity contribution in [3.8, 4) is 0 Å². The predicted molar refractivity (Wildman–Crippen MR) is 117 cm³/mol. The summed E-state index contributed by atoms with van der Waals surface area (Å²) < 4.78 is 39.0. The van der Waals surface area contributed by atoms with Gasteiger partial charge in [0.1, 0.15) is 0 Å². The lowest BCUT2D eigenvalue weighted by Gasteiger charge is -2.14. The molecule has 4 aromatic rings. The van der Waals surface area contributed by atoms with Crippen molar-refractivity contribution in [2.45, 2.75) is 25.8 Å². The van der Waals surface area contributed by atoms with Gasteiger partial charge in [-0.15, -0.1) is 0 Å². The predicted octanol–water partition coefficient (Wildman–Crippen LogP) is 6.16. The molecule has 0 spiro atoms. The number of alkyl halides is 3. The van der Waals surface area contributed by atoms with E-state index < -0.39 is 11.7 Å². The summed E-state index contributed by atoms with van der Waals surface area (Å²) in [7, 11) is 0. The summed E-state index contributed by atoms with van der Waals surface area (Å²) in [6, 6.07) is 23.8. The number of halogens is 3. The van der Waals surface area contributed by atoms with E-state index in [9.17, 15) is 13.2 Å². The van der Waals surface area contributed by atoms with E-state index >= 15 is 0 Å². The van der Waals surface area contributed by atoms with E-state index in [4.69, 9.17) is 0 Å². The number of fused-ring (bicyclic) bond motifs is 1. The third-order valence-corrected chi connectivity index (χ3v) is 5.15. The van der Waals surface area contributed by atoms with Gasteiger partial charge in [-0.1, -0.05) is 60.7 Å². The van der Waals surface area contributed by atoms with Crippen molar-refractivity contribution in [2.75, 3.05) is 5.32 Å². The third-order valence-electron chi connectivity index (χ3n) is 5.15. The average Bonchev–Trinajstić information content (AvgIpc) is 2.78. The second kappa shape index (κ2) is 9.18. The first-order valence-corrected chi connectivity index (χ1v) is 10.0. The van der Waals surface area contributed by atoms with Crippen molar-refractivity contribution < 1.29 is 13.2 Å². The number of hydrogen-bond donors (Lipinski definition) is 2. The molecule has 3 aromatic carbocycles. The van der Waals surface area contributed by atoms with E-state index in [-0.39, 0.29) is 0 Å². The Kier molecular flexibility index (Phi) is 6.18. The van der Waals surface area contributed by atoms with Crippen molar-refractivity contribution in [1.29, 1.82) is 0 Å². The Morgan fingerprint density at radius 2 is 1.45 bits per heavy atom. The monoisotopic (exact) mass is 421 g/mol. The minimum atomic E-state index is -4.38. The van der Waals surface area contributed by atoms with Crippen molar-refractivity contribution >= 4 is 16.6 Å². The van der Waals surface area contributed by atoms with Crippen LogP contribution in [-0.2, 0) is 25.8 Å². The van der Waals surface area contributed by atoms with Gasteiger partial charge in [-0.05, 0) is 34.9 Å². The van der Waals surface area contributed by atoms with E-state index in [0.717, 1.165) is 36.5 Å². The van der Waals surface area contributed by atoms with Gasteiger partial charge in [0, 0.05) is 36.9 Å². The lowest BCUT2D eigenvalue weighted by atomic mass is 10.1. The minimum Gasteiger partial charge on any atom is -0.380 e. The lowest BCUT2D eigenvalue weighted by Crippen LogP contribution is -2.15. The average molecular weight is 421 g/mol. The molecule has 31 heavy (non-hydrogen) atoms. The normalized spacial score (nSPS) is 11.6. The summed E-state index contributed by atoms with van der Waals surface area (Å²) >= 11 is 0. The number of aromatic nitrogens is 1. The highest BCUT2D eigenvalue weighted by atomic mass is 19.4. The number of rotatable bonds is 7. The maximum absolute atomic E-state index is 13.0. The van der Waals surface area contributed by atoms with Crippen LogP contribution in [0.3, 0.4) is 0 Å².